The molecule has 3 aromatic rings. The number of pyridine rings is 1. The second-order valence-corrected chi connectivity index (χ2v) is 8.65. The van der Waals surface area contributed by atoms with Crippen LogP contribution in [0.2, 0.25) is 0 Å². The lowest BCUT2D eigenvalue weighted by Crippen LogP contribution is -2.19. The van der Waals surface area contributed by atoms with Gasteiger partial charge in [0.1, 0.15) is 0 Å². The van der Waals surface area contributed by atoms with E-state index in [0.29, 0.717) is 0 Å². The molecule has 0 N–H and O–H groups in total. The highest BCUT2D eigenvalue weighted by Crippen LogP contribution is 2.57. The number of rotatable bonds is 0. The van der Waals surface area contributed by atoms with Crippen LogP contribution in [0.3, 0.4) is 0 Å². The van der Waals surface area contributed by atoms with E-state index >= 15 is 0 Å². The molecular formula is C23H23N3. The molecule has 0 fully saturated rings. The third kappa shape index (κ3) is 1.66. The van der Waals surface area contributed by atoms with Gasteiger partial charge in [0, 0.05) is 28.2 Å². The third-order valence-corrected chi connectivity index (χ3v) is 6.38. The zero-order chi connectivity index (χ0) is 18.4. The van der Waals surface area contributed by atoms with Crippen LogP contribution in [0.15, 0.2) is 30.5 Å². The van der Waals surface area contributed by atoms with Crippen molar-refractivity contribution in [2.45, 2.75) is 52.4 Å². The molecule has 0 aliphatic heterocycles. The van der Waals surface area contributed by atoms with Crippen molar-refractivity contribution in [3.8, 4) is 22.5 Å². The molecule has 1 aromatic carbocycles. The Kier molecular flexibility index (Phi) is 2.77. The lowest BCUT2D eigenvalue weighted by Gasteiger charge is -2.25. The molecule has 3 heteroatoms. The first-order chi connectivity index (χ1) is 12.2. The van der Waals surface area contributed by atoms with Crippen LogP contribution in [0.1, 0.15) is 61.5 Å². The highest BCUT2D eigenvalue weighted by Gasteiger charge is 2.46. The van der Waals surface area contributed by atoms with E-state index in [9.17, 15) is 0 Å². The number of benzene rings is 1. The van der Waals surface area contributed by atoms with E-state index in [2.05, 4.69) is 59.7 Å². The van der Waals surface area contributed by atoms with Crippen molar-refractivity contribution in [1.29, 1.82) is 0 Å². The summed E-state index contributed by atoms with van der Waals surface area (Å²) in [6.45, 7) is 13.2. The minimum absolute atomic E-state index is 0.0948. The molecule has 0 radical (unpaired) electrons. The molecular weight excluding hydrogens is 318 g/mol. The van der Waals surface area contributed by atoms with Crippen LogP contribution in [0.4, 0.5) is 0 Å². The van der Waals surface area contributed by atoms with E-state index < -0.39 is 0 Å². The van der Waals surface area contributed by atoms with Gasteiger partial charge in [0.25, 0.3) is 0 Å². The fraction of sp³-hybridized carbons (Fsp3) is 0.348. The van der Waals surface area contributed by atoms with E-state index in [0.717, 1.165) is 28.5 Å². The van der Waals surface area contributed by atoms with E-state index in [1.807, 2.05) is 12.3 Å². The first-order valence-electron chi connectivity index (χ1n) is 9.24. The van der Waals surface area contributed by atoms with E-state index in [1.165, 1.54) is 27.8 Å². The van der Waals surface area contributed by atoms with Crippen LogP contribution in [0.5, 0.6) is 0 Å². The number of nitrogens with zero attached hydrogens (tertiary/aromatic N) is 3. The molecule has 0 saturated carbocycles. The second kappa shape index (κ2) is 4.59. The van der Waals surface area contributed by atoms with Gasteiger partial charge >= 0.3 is 0 Å². The molecule has 0 amide bonds. The van der Waals surface area contributed by atoms with Crippen LogP contribution >= 0.6 is 0 Å². The molecule has 0 atom stereocenters. The van der Waals surface area contributed by atoms with E-state index in [4.69, 9.17) is 15.0 Å². The summed E-state index contributed by atoms with van der Waals surface area (Å²) < 4.78 is 0. The van der Waals surface area contributed by atoms with E-state index in [-0.39, 0.29) is 10.8 Å². The predicted octanol–water partition coefficient (Wildman–Crippen LogP) is 5.10. The monoisotopic (exact) mass is 341 g/mol. The van der Waals surface area contributed by atoms with Gasteiger partial charge in [-0.1, -0.05) is 45.9 Å². The standard InChI is InChI=1S/C23H23N3/c1-12-13(2)26-21-20(25-12)17-15(23(21,5)6)10-9-14-18(17)22(3,4)16-8-7-11-24-19(14)16/h7-11H,1-6H3. The highest BCUT2D eigenvalue weighted by atomic mass is 14.9. The van der Waals surface area contributed by atoms with Crippen molar-refractivity contribution in [3.05, 3.63) is 64.2 Å². The zero-order valence-corrected chi connectivity index (χ0v) is 16.2. The average Bonchev–Trinajstić information content (AvgIpc) is 2.96. The Bertz CT molecular complexity index is 1110. The summed E-state index contributed by atoms with van der Waals surface area (Å²) in [6.07, 6.45) is 1.89. The van der Waals surface area contributed by atoms with Gasteiger partial charge in [-0.3, -0.25) is 9.97 Å². The van der Waals surface area contributed by atoms with Crippen LogP contribution in [0.25, 0.3) is 22.5 Å². The molecule has 0 unspecified atom stereocenters. The summed E-state index contributed by atoms with van der Waals surface area (Å²) in [6, 6.07) is 8.77. The van der Waals surface area contributed by atoms with Gasteiger partial charge in [0.05, 0.1) is 28.5 Å². The molecule has 2 aliphatic rings. The van der Waals surface area contributed by atoms with Gasteiger partial charge in [-0.05, 0) is 36.6 Å². The average molecular weight is 341 g/mol. The Balaban J connectivity index is 1.94. The largest absolute Gasteiger partial charge is 0.256 e. The number of aryl methyl sites for hydroxylation is 2. The minimum atomic E-state index is -0.135. The van der Waals surface area contributed by atoms with Crippen molar-refractivity contribution in [2.75, 3.05) is 0 Å². The van der Waals surface area contributed by atoms with Crippen LogP contribution in [0, 0.1) is 13.8 Å². The summed E-state index contributed by atoms with van der Waals surface area (Å²) in [7, 11) is 0. The maximum Gasteiger partial charge on any atom is 0.0936 e. The fourth-order valence-corrected chi connectivity index (χ4v) is 4.82. The molecule has 2 aliphatic carbocycles. The van der Waals surface area contributed by atoms with Gasteiger partial charge in [-0.25, -0.2) is 4.98 Å². The lowest BCUT2D eigenvalue weighted by molar-refractivity contribution is 0.627. The number of hydrogen-bond donors (Lipinski definition) is 0. The van der Waals surface area contributed by atoms with Crippen molar-refractivity contribution < 1.29 is 0 Å². The van der Waals surface area contributed by atoms with Gasteiger partial charge in [-0.15, -0.1) is 0 Å². The van der Waals surface area contributed by atoms with E-state index in [1.54, 1.807) is 0 Å². The Morgan fingerprint density at radius 3 is 2.27 bits per heavy atom. The first kappa shape index (κ1) is 15.7. The Morgan fingerprint density at radius 2 is 1.50 bits per heavy atom. The lowest BCUT2D eigenvalue weighted by atomic mass is 9.77. The van der Waals surface area contributed by atoms with Crippen molar-refractivity contribution in [1.82, 2.24) is 15.0 Å². The molecule has 2 heterocycles. The molecule has 26 heavy (non-hydrogen) atoms. The summed E-state index contributed by atoms with van der Waals surface area (Å²) in [5.74, 6) is 0. The molecule has 0 bridgehead atoms. The minimum Gasteiger partial charge on any atom is -0.256 e. The van der Waals surface area contributed by atoms with Gasteiger partial charge in [0.15, 0.2) is 0 Å². The van der Waals surface area contributed by atoms with Gasteiger partial charge in [0.2, 0.25) is 0 Å². The Morgan fingerprint density at radius 1 is 0.769 bits per heavy atom. The quantitative estimate of drug-likeness (QED) is 0.571. The molecule has 0 saturated heterocycles. The normalized spacial score (nSPS) is 17.5. The summed E-state index contributed by atoms with van der Waals surface area (Å²) in [5, 5.41) is 0. The maximum absolute atomic E-state index is 5.01. The van der Waals surface area contributed by atoms with Crippen molar-refractivity contribution in [3.63, 3.8) is 0 Å². The Hall–Kier alpha value is -2.55. The SMILES string of the molecule is Cc1nc2c(nc1C)C(C)(C)c1ccc3c(c1-2)C(C)(C)c1cccnc1-3. The third-order valence-electron chi connectivity index (χ3n) is 6.38. The predicted molar refractivity (Wildman–Crippen MR) is 104 cm³/mol. The van der Waals surface area contributed by atoms with Gasteiger partial charge < -0.3 is 0 Å². The summed E-state index contributed by atoms with van der Waals surface area (Å²) in [5.41, 5.74) is 11.6. The number of hydrogen-bond acceptors (Lipinski definition) is 3. The first-order valence-corrected chi connectivity index (χ1v) is 9.24. The van der Waals surface area contributed by atoms with Crippen molar-refractivity contribution in [2.24, 2.45) is 0 Å². The maximum atomic E-state index is 5.01. The van der Waals surface area contributed by atoms with Gasteiger partial charge in [-0.2, -0.15) is 0 Å². The zero-order valence-electron chi connectivity index (χ0n) is 16.2. The summed E-state index contributed by atoms with van der Waals surface area (Å²) >= 11 is 0. The Labute approximate surface area is 154 Å². The smallest absolute Gasteiger partial charge is 0.0936 e. The van der Waals surface area contributed by atoms with Crippen LogP contribution in [-0.4, -0.2) is 15.0 Å². The van der Waals surface area contributed by atoms with Crippen LogP contribution < -0.4 is 0 Å². The molecule has 2 aromatic heterocycles. The summed E-state index contributed by atoms with van der Waals surface area (Å²) in [4.78, 5) is 14.7. The molecule has 5 rings (SSSR count). The molecule has 3 nitrogen and oxygen atoms in total. The highest BCUT2D eigenvalue weighted by molar-refractivity contribution is 5.91. The van der Waals surface area contributed by atoms with Crippen LogP contribution in [-0.2, 0) is 10.8 Å². The molecule has 130 valence electrons. The molecule has 0 spiro atoms. The fourth-order valence-electron chi connectivity index (χ4n) is 4.82. The topological polar surface area (TPSA) is 38.7 Å². The number of fused-ring (bicyclic) bond motifs is 7. The van der Waals surface area contributed by atoms with Crippen molar-refractivity contribution >= 4 is 0 Å². The number of aromatic nitrogens is 3. The second-order valence-electron chi connectivity index (χ2n) is 8.65.